The smallest absolute Gasteiger partial charge is 0.223 e. The molecule has 0 radical (unpaired) electrons. The van der Waals surface area contributed by atoms with Gasteiger partial charge in [-0.2, -0.15) is 5.10 Å². The Balaban J connectivity index is 2.08. The SMILES string of the molecule is CCCOc1c(C(=O)c2cc(C)c3c(c2C)C(C)CCC3)cnn1CC. The quantitative estimate of drug-likeness (QED) is 0.687. The van der Waals surface area contributed by atoms with E-state index in [1.54, 1.807) is 10.9 Å². The molecule has 0 saturated heterocycles. The summed E-state index contributed by atoms with van der Waals surface area (Å²) in [6.07, 6.45) is 6.12. The zero-order valence-corrected chi connectivity index (χ0v) is 16.7. The van der Waals surface area contributed by atoms with Gasteiger partial charge < -0.3 is 4.74 Å². The lowest BCUT2D eigenvalue weighted by atomic mass is 9.77. The van der Waals surface area contributed by atoms with E-state index in [-0.39, 0.29) is 5.78 Å². The summed E-state index contributed by atoms with van der Waals surface area (Å²) in [4.78, 5) is 13.4. The molecule has 4 heteroatoms. The maximum absolute atomic E-state index is 13.4. The van der Waals surface area contributed by atoms with E-state index in [1.165, 1.54) is 29.5 Å². The normalized spacial score (nSPS) is 16.4. The van der Waals surface area contributed by atoms with Crippen molar-refractivity contribution < 1.29 is 9.53 Å². The van der Waals surface area contributed by atoms with Crippen LogP contribution in [0.15, 0.2) is 12.3 Å². The molecular formula is C22H30N2O2. The number of ketones is 1. The molecule has 1 aliphatic carbocycles. The summed E-state index contributed by atoms with van der Waals surface area (Å²) >= 11 is 0. The number of carbonyl (C=O) groups excluding carboxylic acids is 1. The molecule has 0 fully saturated rings. The van der Waals surface area contributed by atoms with Crippen LogP contribution in [-0.4, -0.2) is 22.2 Å². The number of nitrogens with zero attached hydrogens (tertiary/aromatic N) is 2. The van der Waals surface area contributed by atoms with Crippen LogP contribution in [0.25, 0.3) is 0 Å². The average molecular weight is 354 g/mol. The first-order valence-electron chi connectivity index (χ1n) is 9.85. The van der Waals surface area contributed by atoms with Crippen molar-refractivity contribution in [1.29, 1.82) is 0 Å². The zero-order valence-electron chi connectivity index (χ0n) is 16.7. The largest absolute Gasteiger partial charge is 0.477 e. The van der Waals surface area contributed by atoms with E-state index in [0.717, 1.165) is 24.0 Å². The molecule has 4 nitrogen and oxygen atoms in total. The van der Waals surface area contributed by atoms with Gasteiger partial charge in [-0.25, -0.2) is 4.68 Å². The van der Waals surface area contributed by atoms with Crippen LogP contribution in [0.3, 0.4) is 0 Å². The second-order valence-corrected chi connectivity index (χ2v) is 7.41. The number of aryl methyl sites for hydroxylation is 2. The van der Waals surface area contributed by atoms with Gasteiger partial charge in [0.1, 0.15) is 5.56 Å². The van der Waals surface area contributed by atoms with Crippen molar-refractivity contribution in [2.45, 2.75) is 72.8 Å². The number of rotatable bonds is 6. The van der Waals surface area contributed by atoms with Crippen LogP contribution in [0.5, 0.6) is 5.88 Å². The highest BCUT2D eigenvalue weighted by Crippen LogP contribution is 2.38. The van der Waals surface area contributed by atoms with E-state index in [1.807, 2.05) is 6.92 Å². The summed E-state index contributed by atoms with van der Waals surface area (Å²) in [7, 11) is 0. The fourth-order valence-electron chi connectivity index (χ4n) is 4.21. The van der Waals surface area contributed by atoms with Gasteiger partial charge in [-0.15, -0.1) is 0 Å². The summed E-state index contributed by atoms with van der Waals surface area (Å²) in [6, 6.07) is 2.07. The van der Waals surface area contributed by atoms with Crippen molar-refractivity contribution in [2.75, 3.05) is 6.61 Å². The van der Waals surface area contributed by atoms with Gasteiger partial charge in [-0.3, -0.25) is 4.79 Å². The Morgan fingerprint density at radius 3 is 2.77 bits per heavy atom. The summed E-state index contributed by atoms with van der Waals surface area (Å²) in [6.45, 7) is 11.9. The predicted octanol–water partition coefficient (Wildman–Crippen LogP) is 4.98. The second-order valence-electron chi connectivity index (χ2n) is 7.41. The van der Waals surface area contributed by atoms with Crippen molar-refractivity contribution >= 4 is 5.78 Å². The second kappa shape index (κ2) is 7.65. The van der Waals surface area contributed by atoms with Gasteiger partial charge in [0.2, 0.25) is 5.88 Å². The van der Waals surface area contributed by atoms with Crippen LogP contribution in [0, 0.1) is 13.8 Å². The molecule has 0 amide bonds. The minimum Gasteiger partial charge on any atom is -0.477 e. The number of aromatic nitrogens is 2. The van der Waals surface area contributed by atoms with E-state index in [4.69, 9.17) is 4.74 Å². The highest BCUT2D eigenvalue weighted by Gasteiger charge is 2.27. The predicted molar refractivity (Wildman–Crippen MR) is 104 cm³/mol. The summed E-state index contributed by atoms with van der Waals surface area (Å²) < 4.78 is 7.64. The van der Waals surface area contributed by atoms with Crippen molar-refractivity contribution in [1.82, 2.24) is 9.78 Å². The number of fused-ring (bicyclic) bond motifs is 1. The fourth-order valence-corrected chi connectivity index (χ4v) is 4.21. The van der Waals surface area contributed by atoms with Gasteiger partial charge in [-0.1, -0.05) is 13.8 Å². The molecule has 0 aliphatic heterocycles. The van der Waals surface area contributed by atoms with Crippen molar-refractivity contribution in [3.05, 3.63) is 45.6 Å². The molecule has 0 spiro atoms. The molecule has 2 aromatic rings. The van der Waals surface area contributed by atoms with Crippen LogP contribution in [0.2, 0.25) is 0 Å². The number of ether oxygens (including phenoxy) is 1. The first kappa shape index (κ1) is 18.7. The molecule has 1 atom stereocenters. The van der Waals surface area contributed by atoms with Gasteiger partial charge in [0, 0.05) is 12.1 Å². The minimum absolute atomic E-state index is 0.0250. The third-order valence-electron chi connectivity index (χ3n) is 5.55. The molecule has 1 heterocycles. The molecule has 1 unspecified atom stereocenters. The van der Waals surface area contributed by atoms with Crippen LogP contribution < -0.4 is 4.74 Å². The van der Waals surface area contributed by atoms with Crippen molar-refractivity contribution in [2.24, 2.45) is 0 Å². The lowest BCUT2D eigenvalue weighted by molar-refractivity contribution is 0.103. The van der Waals surface area contributed by atoms with E-state index in [0.29, 0.717) is 30.5 Å². The van der Waals surface area contributed by atoms with Crippen molar-refractivity contribution in [3.8, 4) is 5.88 Å². The van der Waals surface area contributed by atoms with E-state index in [2.05, 4.69) is 38.9 Å². The molecule has 0 N–H and O–H groups in total. The Bertz CT molecular complexity index is 820. The lowest BCUT2D eigenvalue weighted by Gasteiger charge is -2.27. The standard InChI is InChI=1S/C22H30N2O2/c1-6-11-26-22-19(13-23-24(22)7-2)21(25)18-12-15(4)17-10-8-9-14(3)20(17)16(18)5/h12-14H,6-11H2,1-5H3. The lowest BCUT2D eigenvalue weighted by Crippen LogP contribution is -2.16. The van der Waals surface area contributed by atoms with E-state index < -0.39 is 0 Å². The minimum atomic E-state index is 0.0250. The third kappa shape index (κ3) is 3.17. The van der Waals surface area contributed by atoms with E-state index >= 15 is 0 Å². The molecule has 26 heavy (non-hydrogen) atoms. The fraction of sp³-hybridized carbons (Fsp3) is 0.545. The summed E-state index contributed by atoms with van der Waals surface area (Å²) in [5.74, 6) is 1.14. The number of hydrogen-bond acceptors (Lipinski definition) is 3. The van der Waals surface area contributed by atoms with Crippen LogP contribution in [0.4, 0.5) is 0 Å². The Hall–Kier alpha value is -2.10. The molecule has 1 aromatic heterocycles. The van der Waals surface area contributed by atoms with Gasteiger partial charge in [0.25, 0.3) is 0 Å². The maximum Gasteiger partial charge on any atom is 0.223 e. The Morgan fingerprint density at radius 2 is 2.08 bits per heavy atom. The molecule has 3 rings (SSSR count). The highest BCUT2D eigenvalue weighted by molar-refractivity contribution is 6.11. The van der Waals surface area contributed by atoms with Gasteiger partial charge in [0.15, 0.2) is 5.78 Å². The van der Waals surface area contributed by atoms with Gasteiger partial charge >= 0.3 is 0 Å². The van der Waals surface area contributed by atoms with Crippen LogP contribution >= 0.6 is 0 Å². The first-order valence-corrected chi connectivity index (χ1v) is 9.85. The summed E-state index contributed by atoms with van der Waals surface area (Å²) in [5, 5.41) is 4.36. The monoisotopic (exact) mass is 354 g/mol. The number of hydrogen-bond donors (Lipinski definition) is 0. The maximum atomic E-state index is 13.4. The van der Waals surface area contributed by atoms with Crippen LogP contribution in [-0.2, 0) is 13.0 Å². The molecular weight excluding hydrogens is 324 g/mol. The Morgan fingerprint density at radius 1 is 1.31 bits per heavy atom. The van der Waals surface area contributed by atoms with Gasteiger partial charge in [-0.05, 0) is 80.7 Å². The Kier molecular flexibility index (Phi) is 5.49. The zero-order chi connectivity index (χ0) is 18.8. The Labute approximate surface area is 156 Å². The molecule has 0 saturated carbocycles. The molecule has 140 valence electrons. The first-order chi connectivity index (χ1) is 12.5. The topological polar surface area (TPSA) is 44.1 Å². The number of benzene rings is 1. The van der Waals surface area contributed by atoms with Crippen LogP contribution in [0.1, 0.15) is 84.1 Å². The summed E-state index contributed by atoms with van der Waals surface area (Å²) in [5.41, 5.74) is 6.58. The highest BCUT2D eigenvalue weighted by atomic mass is 16.5. The van der Waals surface area contributed by atoms with E-state index in [9.17, 15) is 4.79 Å². The molecule has 1 aliphatic rings. The number of carbonyl (C=O) groups is 1. The third-order valence-corrected chi connectivity index (χ3v) is 5.55. The van der Waals surface area contributed by atoms with Gasteiger partial charge in [0.05, 0.1) is 12.8 Å². The molecule has 1 aromatic carbocycles. The van der Waals surface area contributed by atoms with Crippen molar-refractivity contribution in [3.63, 3.8) is 0 Å². The average Bonchev–Trinajstić information content (AvgIpc) is 3.05. The molecule has 0 bridgehead atoms.